The first-order valence-corrected chi connectivity index (χ1v) is 19.4. The summed E-state index contributed by atoms with van der Waals surface area (Å²) in [5.41, 5.74) is 0. The fourth-order valence-electron chi connectivity index (χ4n) is 3.70. The second-order valence-corrected chi connectivity index (χ2v) is 18.9. The molecule has 0 saturated heterocycles. The molecule has 7 N–H and O–H groups in total. The molecule has 2 aliphatic rings. The second kappa shape index (κ2) is 36.9. The SMILES string of the molecule is CC(C)(C)S(N)=O.CC(C)O.CC(C)OC(C)C.CC1CCC(C=N[S@@](=O)C(C)(C)C)CC1.CC1CCC(C=O)CC1.C[CH-]C.O.O.[Ti]. The van der Waals surface area contributed by atoms with Gasteiger partial charge in [0.05, 0.1) is 32.7 Å². The number of carbonyl (C=O) groups is 1. The molecule has 2 aliphatic carbocycles. The normalized spacial score (nSPS) is 21.5. The Morgan fingerprint density at radius 1 is 0.750 bits per heavy atom. The van der Waals surface area contributed by atoms with E-state index in [4.69, 9.17) is 15.0 Å². The fraction of sp³-hybridized carbons (Fsp3) is 0.917. The monoisotopic (exact) mass is 765 g/mol. The summed E-state index contributed by atoms with van der Waals surface area (Å²) in [5, 5.41) is 13.1. The Balaban J connectivity index is -0.0000000894. The first-order chi connectivity index (χ1) is 20.4. The first-order valence-electron chi connectivity index (χ1n) is 17.1. The van der Waals surface area contributed by atoms with Crippen molar-refractivity contribution >= 4 is 34.5 Å². The Morgan fingerprint density at radius 3 is 1.21 bits per heavy atom. The van der Waals surface area contributed by atoms with Crippen LogP contribution in [-0.2, 0) is 53.2 Å². The van der Waals surface area contributed by atoms with Crippen molar-refractivity contribution in [3.05, 3.63) is 6.42 Å². The maximum Gasteiger partial charge on any atom is 0.144 e. The van der Waals surface area contributed by atoms with E-state index in [0.717, 1.165) is 31.0 Å². The van der Waals surface area contributed by atoms with Gasteiger partial charge < -0.3 is 32.0 Å². The molecule has 9 nitrogen and oxygen atoms in total. The quantitative estimate of drug-likeness (QED) is 0.127. The number of aliphatic hydroxyl groups excluding tert-OH is 1. The van der Waals surface area contributed by atoms with Crippen LogP contribution in [0.25, 0.3) is 0 Å². The Morgan fingerprint density at radius 2 is 1.02 bits per heavy atom. The number of aliphatic hydroxyl groups is 1. The zero-order chi connectivity index (χ0) is 36.4. The molecule has 0 aromatic rings. The van der Waals surface area contributed by atoms with E-state index in [9.17, 15) is 13.2 Å². The van der Waals surface area contributed by atoms with Crippen LogP contribution in [0.3, 0.4) is 0 Å². The number of carbonyl (C=O) groups excluding carboxylic acids is 1. The number of nitrogens with two attached hydrogens (primary N) is 1. The summed E-state index contributed by atoms with van der Waals surface area (Å²) >= 11 is 0. The van der Waals surface area contributed by atoms with Gasteiger partial charge in [-0.15, -0.1) is 0 Å². The third-order valence-electron chi connectivity index (χ3n) is 6.35. The van der Waals surface area contributed by atoms with Crippen LogP contribution in [0.2, 0.25) is 0 Å². The smallest absolute Gasteiger partial charge is 0.144 e. The maximum atomic E-state index is 11.7. The summed E-state index contributed by atoms with van der Waals surface area (Å²) in [6.45, 7) is 31.6. The molecule has 294 valence electrons. The third-order valence-corrected chi connectivity index (χ3v) is 8.92. The van der Waals surface area contributed by atoms with E-state index in [1.54, 1.807) is 13.8 Å². The molecule has 2 atom stereocenters. The van der Waals surface area contributed by atoms with Crippen LogP contribution < -0.4 is 5.14 Å². The van der Waals surface area contributed by atoms with Gasteiger partial charge in [-0.2, -0.15) is 18.2 Å². The summed E-state index contributed by atoms with van der Waals surface area (Å²) in [7, 11) is -2.26. The number of ether oxygens (including phenoxy) is 1. The number of hydrogen-bond donors (Lipinski definition) is 2. The van der Waals surface area contributed by atoms with Crippen molar-refractivity contribution < 1.29 is 55.7 Å². The summed E-state index contributed by atoms with van der Waals surface area (Å²) in [6.07, 6.45) is 15.4. The van der Waals surface area contributed by atoms with E-state index >= 15 is 0 Å². The van der Waals surface area contributed by atoms with Crippen LogP contribution in [0.1, 0.15) is 162 Å². The summed E-state index contributed by atoms with van der Waals surface area (Å²) in [6, 6.07) is 0. The molecule has 0 heterocycles. The van der Waals surface area contributed by atoms with Gasteiger partial charge in [-0.3, -0.25) is 5.14 Å². The van der Waals surface area contributed by atoms with Gasteiger partial charge in [0.2, 0.25) is 0 Å². The fourth-order valence-corrected chi connectivity index (χ4v) is 4.30. The molecule has 1 unspecified atom stereocenters. The Bertz CT molecular complexity index is 748. The predicted octanol–water partition coefficient (Wildman–Crippen LogP) is 7.55. The molecule has 0 spiro atoms. The molecule has 2 fully saturated rings. The largest absolute Gasteiger partial charge is 0.412 e. The minimum absolute atomic E-state index is 0. The molecule has 0 aromatic heterocycles. The standard InChI is InChI=1S/C12H23NOS.C8H14O.C6H14O.C4H11NOS.C3H8O.C3H7.2H2O.Ti/c1-10-5-7-11(8-6-10)9-13-15(14)12(2,3)4;1-7-2-4-8(6-9)5-3-7;1-5(2)7-6(3)4;1-4(2,3)7(5)6;1-3(2)4;1-3-2;;;/h9-11H,5-8H2,1-4H3;6-8H,2-5H2,1H3;5-6H,1-4H3;5H2,1-3H3;3-4H,1-2H3;3H,1-2H3;2*1H2;/q;;;;;-1;;;/t10?,11?,15-;;;;;;;;/m0......../s1. The van der Waals surface area contributed by atoms with E-state index in [1.807, 2.05) is 95.7 Å². The summed E-state index contributed by atoms with van der Waals surface area (Å²) in [4.78, 5) is 10.3. The molecule has 0 bridgehead atoms. The van der Waals surface area contributed by atoms with E-state index in [1.165, 1.54) is 38.5 Å². The number of hydrogen-bond acceptors (Lipinski definition) is 5. The molecule has 2 rings (SSSR count). The van der Waals surface area contributed by atoms with Crippen LogP contribution >= 0.6 is 0 Å². The first kappa shape index (κ1) is 63.2. The predicted molar refractivity (Wildman–Crippen MR) is 208 cm³/mol. The molecule has 48 heavy (non-hydrogen) atoms. The van der Waals surface area contributed by atoms with E-state index in [0.29, 0.717) is 24.0 Å². The zero-order valence-corrected chi connectivity index (χ0v) is 37.0. The number of rotatable bonds is 5. The molecular formula is C36H81N2O7S2Ti-. The van der Waals surface area contributed by atoms with Crippen LogP contribution in [0, 0.1) is 30.1 Å². The minimum Gasteiger partial charge on any atom is -0.412 e. The van der Waals surface area contributed by atoms with Crippen molar-refractivity contribution in [2.75, 3.05) is 0 Å². The van der Waals surface area contributed by atoms with E-state index < -0.39 is 22.0 Å². The second-order valence-electron chi connectivity index (χ2n) is 15.1. The molecule has 2 saturated carbocycles. The van der Waals surface area contributed by atoms with Crippen molar-refractivity contribution in [3.8, 4) is 0 Å². The Labute approximate surface area is 318 Å². The maximum absolute atomic E-state index is 11.7. The van der Waals surface area contributed by atoms with E-state index in [-0.39, 0.29) is 48.3 Å². The van der Waals surface area contributed by atoms with Crippen molar-refractivity contribution in [1.29, 1.82) is 0 Å². The Kier molecular flexibility index (Phi) is 48.6. The van der Waals surface area contributed by atoms with Gasteiger partial charge in [-0.05, 0) is 127 Å². The van der Waals surface area contributed by atoms with Crippen LogP contribution in [0.4, 0.5) is 0 Å². The van der Waals surface area contributed by atoms with Gasteiger partial charge in [-0.1, -0.05) is 39.5 Å². The minimum atomic E-state index is -1.18. The van der Waals surface area contributed by atoms with E-state index in [2.05, 4.69) is 18.2 Å². The van der Waals surface area contributed by atoms with Gasteiger partial charge in [0.15, 0.2) is 0 Å². The van der Waals surface area contributed by atoms with Crippen molar-refractivity contribution in [2.45, 2.75) is 190 Å². The summed E-state index contributed by atoms with van der Waals surface area (Å²) < 4.78 is 31.0. The van der Waals surface area contributed by atoms with Crippen LogP contribution in [0.5, 0.6) is 0 Å². The van der Waals surface area contributed by atoms with Gasteiger partial charge in [-0.25, -0.2) is 8.42 Å². The molecular weight excluding hydrogens is 684 g/mol. The molecule has 12 heteroatoms. The average molecular weight is 766 g/mol. The number of nitrogens with zero attached hydrogens (tertiary/aromatic N) is 1. The molecule has 0 amide bonds. The molecule has 0 radical (unpaired) electrons. The topological polar surface area (TPSA) is 182 Å². The van der Waals surface area contributed by atoms with Gasteiger partial charge in [0.1, 0.15) is 17.3 Å². The van der Waals surface area contributed by atoms with Crippen molar-refractivity contribution in [1.82, 2.24) is 0 Å². The zero-order valence-electron chi connectivity index (χ0n) is 33.9. The van der Waals surface area contributed by atoms with Crippen LogP contribution in [-0.4, -0.2) is 64.8 Å². The number of aldehydes is 1. The van der Waals surface area contributed by atoms with Crippen molar-refractivity contribution in [2.24, 2.45) is 33.2 Å². The third kappa shape index (κ3) is 50.5. The molecule has 0 aliphatic heterocycles. The van der Waals surface area contributed by atoms with Gasteiger partial charge in [0.25, 0.3) is 0 Å². The van der Waals surface area contributed by atoms with Gasteiger partial charge in [0, 0.05) is 40.0 Å². The van der Waals surface area contributed by atoms with Crippen molar-refractivity contribution in [3.63, 3.8) is 0 Å². The average Bonchev–Trinajstić information content (AvgIpc) is 2.88. The Hall–Kier alpha value is 0.154. The molecule has 0 aromatic carbocycles. The summed E-state index contributed by atoms with van der Waals surface area (Å²) in [5.74, 6) is 2.68. The van der Waals surface area contributed by atoms with Gasteiger partial charge >= 0.3 is 0 Å². The van der Waals surface area contributed by atoms with Crippen LogP contribution in [0.15, 0.2) is 4.40 Å².